The predicted molar refractivity (Wildman–Crippen MR) is 90.4 cm³/mol. The van der Waals surface area contributed by atoms with Crippen molar-refractivity contribution < 1.29 is 0 Å². The van der Waals surface area contributed by atoms with Gasteiger partial charge < -0.3 is 4.90 Å². The van der Waals surface area contributed by atoms with E-state index < -0.39 is 0 Å². The third kappa shape index (κ3) is 7.61. The summed E-state index contributed by atoms with van der Waals surface area (Å²) in [6, 6.07) is 10.8. The van der Waals surface area contributed by atoms with Gasteiger partial charge >= 0.3 is 0 Å². The largest absolute Gasteiger partial charge is 0.372 e. The molecule has 108 valence electrons. The maximum atomic E-state index is 3.48. The van der Waals surface area contributed by atoms with Crippen LogP contribution < -0.4 is 4.90 Å². The van der Waals surface area contributed by atoms with Gasteiger partial charge in [-0.25, -0.2) is 0 Å². The second kappa shape index (κ2) is 11.3. The molecule has 2 heteroatoms. The monoisotopic (exact) mass is 325 g/mol. The van der Waals surface area contributed by atoms with E-state index in [1.54, 1.807) is 0 Å². The van der Waals surface area contributed by atoms with Crippen LogP contribution in [0.2, 0.25) is 0 Å². The van der Waals surface area contributed by atoms with Gasteiger partial charge in [0.2, 0.25) is 0 Å². The second-order valence-corrected chi connectivity index (χ2v) is 5.87. The summed E-state index contributed by atoms with van der Waals surface area (Å²) in [4.78, 5) is 2.48. The quantitative estimate of drug-likeness (QED) is 0.376. The predicted octanol–water partition coefficient (Wildman–Crippen LogP) is 5.64. The zero-order valence-corrected chi connectivity index (χ0v) is 13.9. The molecule has 0 amide bonds. The van der Waals surface area contributed by atoms with Crippen LogP contribution in [0.3, 0.4) is 0 Å². The average Bonchev–Trinajstić information content (AvgIpc) is 2.47. The highest BCUT2D eigenvalue weighted by atomic mass is 79.9. The lowest BCUT2D eigenvalue weighted by molar-refractivity contribution is 0.586. The Morgan fingerprint density at radius 2 is 1.42 bits per heavy atom. The number of benzene rings is 1. The maximum absolute atomic E-state index is 3.48. The fourth-order valence-electron chi connectivity index (χ4n) is 2.39. The van der Waals surface area contributed by atoms with Gasteiger partial charge in [-0.2, -0.15) is 0 Å². The molecular weight excluding hydrogens is 298 g/mol. The minimum absolute atomic E-state index is 1.11. The van der Waals surface area contributed by atoms with Crippen molar-refractivity contribution in [1.82, 2.24) is 0 Å². The topological polar surface area (TPSA) is 3.24 Å². The minimum atomic E-state index is 1.11. The lowest BCUT2D eigenvalue weighted by atomic mass is 10.1. The van der Waals surface area contributed by atoms with E-state index in [9.17, 15) is 0 Å². The molecule has 0 aliphatic heterocycles. The highest BCUT2D eigenvalue weighted by Gasteiger charge is 2.02. The van der Waals surface area contributed by atoms with Crippen molar-refractivity contribution in [2.45, 2.75) is 51.9 Å². The highest BCUT2D eigenvalue weighted by Crippen LogP contribution is 2.14. The van der Waals surface area contributed by atoms with Crippen molar-refractivity contribution >= 4 is 21.6 Å². The van der Waals surface area contributed by atoms with Crippen LogP contribution in [0.5, 0.6) is 0 Å². The zero-order valence-electron chi connectivity index (χ0n) is 12.3. The molecule has 0 saturated heterocycles. The van der Waals surface area contributed by atoms with Gasteiger partial charge in [-0.05, 0) is 31.9 Å². The van der Waals surface area contributed by atoms with Crippen molar-refractivity contribution in [2.24, 2.45) is 0 Å². The molecule has 19 heavy (non-hydrogen) atoms. The standard InChI is InChI=1S/C17H28BrN/c1-2-19(17-13-9-8-10-14-17)16-12-7-5-3-4-6-11-15-18/h8-10,13-14H,2-7,11-12,15-16H2,1H3. The van der Waals surface area contributed by atoms with Crippen molar-refractivity contribution in [1.29, 1.82) is 0 Å². The van der Waals surface area contributed by atoms with Crippen LogP contribution >= 0.6 is 15.9 Å². The van der Waals surface area contributed by atoms with Gasteiger partial charge in [0, 0.05) is 24.1 Å². The molecule has 1 rings (SSSR count). The van der Waals surface area contributed by atoms with Crippen LogP contribution in [0.15, 0.2) is 30.3 Å². The number of nitrogens with zero attached hydrogens (tertiary/aromatic N) is 1. The van der Waals surface area contributed by atoms with Crippen molar-refractivity contribution in [2.75, 3.05) is 23.3 Å². The molecule has 0 N–H and O–H groups in total. The van der Waals surface area contributed by atoms with Crippen LogP contribution in [-0.4, -0.2) is 18.4 Å². The Balaban J connectivity index is 2.07. The maximum Gasteiger partial charge on any atom is 0.0366 e. The number of rotatable bonds is 11. The first-order valence-electron chi connectivity index (χ1n) is 7.74. The SMILES string of the molecule is CCN(CCCCCCCCCBr)c1ccccc1. The molecule has 0 fully saturated rings. The normalized spacial score (nSPS) is 10.6. The molecule has 0 aliphatic carbocycles. The summed E-state index contributed by atoms with van der Waals surface area (Å²) >= 11 is 3.48. The Labute approximate surface area is 127 Å². The molecule has 0 unspecified atom stereocenters. The Kier molecular flexibility index (Phi) is 9.88. The van der Waals surface area contributed by atoms with Crippen LogP contribution in [0.4, 0.5) is 5.69 Å². The van der Waals surface area contributed by atoms with E-state index in [4.69, 9.17) is 0 Å². The van der Waals surface area contributed by atoms with Crippen LogP contribution in [0.1, 0.15) is 51.9 Å². The third-order valence-electron chi connectivity index (χ3n) is 3.56. The van der Waals surface area contributed by atoms with Gasteiger partial charge in [-0.3, -0.25) is 0 Å². The fraction of sp³-hybridized carbons (Fsp3) is 0.647. The second-order valence-electron chi connectivity index (χ2n) is 5.08. The van der Waals surface area contributed by atoms with Gasteiger partial charge in [0.1, 0.15) is 0 Å². The minimum Gasteiger partial charge on any atom is -0.372 e. The molecule has 0 aliphatic rings. The number of halogens is 1. The van der Waals surface area contributed by atoms with Crippen molar-refractivity contribution in [3.05, 3.63) is 30.3 Å². The van der Waals surface area contributed by atoms with E-state index in [-0.39, 0.29) is 0 Å². The Morgan fingerprint density at radius 1 is 0.842 bits per heavy atom. The number of para-hydroxylation sites is 1. The molecule has 1 aromatic rings. The summed E-state index contributed by atoms with van der Waals surface area (Å²) in [5, 5.41) is 1.16. The molecule has 1 nitrogen and oxygen atoms in total. The highest BCUT2D eigenvalue weighted by molar-refractivity contribution is 9.09. The number of anilines is 1. The van der Waals surface area contributed by atoms with E-state index in [2.05, 4.69) is 58.1 Å². The van der Waals surface area contributed by atoms with E-state index in [1.165, 1.54) is 57.2 Å². The molecule has 0 radical (unpaired) electrons. The summed E-state index contributed by atoms with van der Waals surface area (Å²) < 4.78 is 0. The molecular formula is C17H28BrN. The summed E-state index contributed by atoms with van der Waals surface area (Å²) in [5.74, 6) is 0. The van der Waals surface area contributed by atoms with Crippen LogP contribution in [0.25, 0.3) is 0 Å². The molecule has 0 aromatic heterocycles. The van der Waals surface area contributed by atoms with Crippen LogP contribution in [-0.2, 0) is 0 Å². The van der Waals surface area contributed by atoms with Gasteiger partial charge in [-0.1, -0.05) is 66.2 Å². The van der Waals surface area contributed by atoms with Gasteiger partial charge in [0.25, 0.3) is 0 Å². The smallest absolute Gasteiger partial charge is 0.0366 e. The van der Waals surface area contributed by atoms with E-state index in [0.29, 0.717) is 0 Å². The lowest BCUT2D eigenvalue weighted by Crippen LogP contribution is -2.23. The van der Waals surface area contributed by atoms with E-state index in [1.807, 2.05) is 0 Å². The number of alkyl halides is 1. The first kappa shape index (κ1) is 16.6. The Hall–Kier alpha value is -0.500. The summed E-state index contributed by atoms with van der Waals surface area (Å²) in [7, 11) is 0. The number of unbranched alkanes of at least 4 members (excludes halogenated alkanes) is 6. The molecule has 0 heterocycles. The summed E-state index contributed by atoms with van der Waals surface area (Å²) in [6.07, 6.45) is 9.62. The molecule has 0 spiro atoms. The zero-order chi connectivity index (χ0) is 13.8. The number of hydrogen-bond acceptors (Lipinski definition) is 1. The van der Waals surface area contributed by atoms with Gasteiger partial charge in [0.05, 0.1) is 0 Å². The first-order chi connectivity index (χ1) is 9.38. The number of hydrogen-bond donors (Lipinski definition) is 0. The van der Waals surface area contributed by atoms with Crippen LogP contribution in [0, 0.1) is 0 Å². The first-order valence-corrected chi connectivity index (χ1v) is 8.86. The lowest BCUT2D eigenvalue weighted by Gasteiger charge is -2.23. The van der Waals surface area contributed by atoms with Crippen molar-refractivity contribution in [3.8, 4) is 0 Å². The van der Waals surface area contributed by atoms with Gasteiger partial charge in [-0.15, -0.1) is 0 Å². The van der Waals surface area contributed by atoms with E-state index >= 15 is 0 Å². The molecule has 0 atom stereocenters. The van der Waals surface area contributed by atoms with E-state index in [0.717, 1.165) is 11.9 Å². The molecule has 0 saturated carbocycles. The fourth-order valence-corrected chi connectivity index (χ4v) is 2.79. The Morgan fingerprint density at radius 3 is 2.00 bits per heavy atom. The van der Waals surface area contributed by atoms with Crippen molar-refractivity contribution in [3.63, 3.8) is 0 Å². The Bertz CT molecular complexity index is 299. The third-order valence-corrected chi connectivity index (χ3v) is 4.13. The van der Waals surface area contributed by atoms with Gasteiger partial charge in [0.15, 0.2) is 0 Å². The summed E-state index contributed by atoms with van der Waals surface area (Å²) in [6.45, 7) is 4.55. The molecule has 1 aromatic carbocycles. The molecule has 0 bridgehead atoms. The average molecular weight is 326 g/mol. The summed E-state index contributed by atoms with van der Waals surface area (Å²) in [5.41, 5.74) is 1.36.